The van der Waals surface area contributed by atoms with Crippen molar-refractivity contribution >= 4 is 18.1 Å². The number of hydrogen-bond donors (Lipinski definition) is 2. The third-order valence-electron chi connectivity index (χ3n) is 2.46. The quantitative estimate of drug-likeness (QED) is 0.795. The monoisotopic (exact) mass is 263 g/mol. The summed E-state index contributed by atoms with van der Waals surface area (Å²) in [6.45, 7) is 0.587. The maximum absolute atomic E-state index is 10.7. The number of amides is 1. The standard InChI is InChI=1S/C11H13N5OS/c12-9(17)5-3-7-16-10(14-15-11(16)18)8-4-1-2-6-13-8/h1-2,4,6H,3,5,7H2,(H2,12,17)(H,15,18). The lowest BCUT2D eigenvalue weighted by atomic mass is 10.3. The van der Waals surface area contributed by atoms with Gasteiger partial charge in [-0.2, -0.15) is 5.10 Å². The summed E-state index contributed by atoms with van der Waals surface area (Å²) >= 11 is 5.15. The molecule has 2 aromatic heterocycles. The normalized spacial score (nSPS) is 10.4. The number of H-pyrrole nitrogens is 1. The summed E-state index contributed by atoms with van der Waals surface area (Å²) in [5.41, 5.74) is 5.85. The van der Waals surface area contributed by atoms with Gasteiger partial charge in [-0.05, 0) is 30.8 Å². The summed E-state index contributed by atoms with van der Waals surface area (Å²) in [7, 11) is 0. The zero-order valence-electron chi connectivity index (χ0n) is 9.67. The second-order valence-electron chi connectivity index (χ2n) is 3.79. The van der Waals surface area contributed by atoms with Gasteiger partial charge in [0.25, 0.3) is 0 Å². The van der Waals surface area contributed by atoms with Crippen LogP contribution in [0.5, 0.6) is 0 Å². The number of hydrogen-bond acceptors (Lipinski definition) is 4. The lowest BCUT2D eigenvalue weighted by molar-refractivity contribution is -0.118. The molecule has 6 nitrogen and oxygen atoms in total. The zero-order valence-corrected chi connectivity index (χ0v) is 10.5. The average Bonchev–Trinajstić information content (AvgIpc) is 2.72. The highest BCUT2D eigenvalue weighted by Crippen LogP contribution is 2.14. The number of rotatable bonds is 5. The van der Waals surface area contributed by atoms with Crippen LogP contribution in [0.25, 0.3) is 11.5 Å². The first kappa shape index (κ1) is 12.4. The molecule has 18 heavy (non-hydrogen) atoms. The van der Waals surface area contributed by atoms with Gasteiger partial charge in [0, 0.05) is 19.2 Å². The zero-order chi connectivity index (χ0) is 13.0. The summed E-state index contributed by atoms with van der Waals surface area (Å²) in [5.74, 6) is 0.356. The Labute approximate surface area is 109 Å². The highest BCUT2D eigenvalue weighted by atomic mass is 32.1. The van der Waals surface area contributed by atoms with Crippen molar-refractivity contribution in [2.75, 3.05) is 0 Å². The molecule has 94 valence electrons. The molecule has 0 bridgehead atoms. The lowest BCUT2D eigenvalue weighted by Gasteiger charge is -2.05. The van der Waals surface area contributed by atoms with E-state index in [9.17, 15) is 4.79 Å². The molecule has 0 saturated heterocycles. The highest BCUT2D eigenvalue weighted by molar-refractivity contribution is 7.71. The molecular formula is C11H13N5OS. The van der Waals surface area contributed by atoms with E-state index in [1.54, 1.807) is 6.20 Å². The van der Waals surface area contributed by atoms with Gasteiger partial charge in [-0.1, -0.05) is 6.07 Å². The van der Waals surface area contributed by atoms with Gasteiger partial charge in [0.05, 0.1) is 0 Å². The molecule has 0 aliphatic rings. The van der Waals surface area contributed by atoms with Crippen LogP contribution in [0.3, 0.4) is 0 Å². The molecule has 2 rings (SSSR count). The molecule has 0 aliphatic carbocycles. The van der Waals surface area contributed by atoms with E-state index in [0.717, 1.165) is 5.69 Å². The largest absolute Gasteiger partial charge is 0.370 e. The van der Waals surface area contributed by atoms with Gasteiger partial charge >= 0.3 is 0 Å². The maximum Gasteiger partial charge on any atom is 0.217 e. The van der Waals surface area contributed by atoms with Crippen molar-refractivity contribution in [1.29, 1.82) is 0 Å². The van der Waals surface area contributed by atoms with Gasteiger partial charge in [0.1, 0.15) is 5.69 Å². The molecular weight excluding hydrogens is 250 g/mol. The molecule has 0 unspecified atom stereocenters. The third-order valence-corrected chi connectivity index (χ3v) is 2.77. The minimum atomic E-state index is -0.315. The fraction of sp³-hybridized carbons (Fsp3) is 0.273. The number of carbonyl (C=O) groups is 1. The average molecular weight is 263 g/mol. The van der Waals surface area contributed by atoms with Crippen LogP contribution < -0.4 is 5.73 Å². The summed E-state index contributed by atoms with van der Waals surface area (Å²) < 4.78 is 2.33. The van der Waals surface area contributed by atoms with Crippen molar-refractivity contribution in [2.24, 2.45) is 5.73 Å². The SMILES string of the molecule is NC(=O)CCCn1c(-c2ccccn2)n[nH]c1=S. The molecule has 1 amide bonds. The molecule has 0 atom stereocenters. The lowest BCUT2D eigenvalue weighted by Crippen LogP contribution is -2.12. The smallest absolute Gasteiger partial charge is 0.217 e. The molecule has 3 N–H and O–H groups in total. The Hall–Kier alpha value is -2.02. The predicted molar refractivity (Wildman–Crippen MR) is 69.1 cm³/mol. The molecule has 0 aliphatic heterocycles. The van der Waals surface area contributed by atoms with Crippen molar-refractivity contribution in [3.63, 3.8) is 0 Å². The number of nitrogens with zero attached hydrogens (tertiary/aromatic N) is 3. The number of pyridine rings is 1. The summed E-state index contributed by atoms with van der Waals surface area (Å²) in [6.07, 6.45) is 2.65. The number of primary amides is 1. The summed E-state index contributed by atoms with van der Waals surface area (Å²) in [5, 5.41) is 6.88. The molecule has 0 radical (unpaired) electrons. The molecule has 0 fully saturated rings. The van der Waals surface area contributed by atoms with E-state index < -0.39 is 0 Å². The van der Waals surface area contributed by atoms with Crippen molar-refractivity contribution in [2.45, 2.75) is 19.4 Å². The fourth-order valence-corrected chi connectivity index (χ4v) is 1.85. The molecule has 2 heterocycles. The molecule has 0 saturated carbocycles. The van der Waals surface area contributed by atoms with Crippen LogP contribution in [0.15, 0.2) is 24.4 Å². The molecule has 7 heteroatoms. The van der Waals surface area contributed by atoms with Crippen LogP contribution in [-0.2, 0) is 11.3 Å². The van der Waals surface area contributed by atoms with Crippen molar-refractivity contribution in [1.82, 2.24) is 19.7 Å². The number of nitrogens with two attached hydrogens (primary N) is 1. The third kappa shape index (κ3) is 2.80. The van der Waals surface area contributed by atoms with Crippen LogP contribution in [0.2, 0.25) is 0 Å². The molecule has 0 aromatic carbocycles. The maximum atomic E-state index is 10.7. The Balaban J connectivity index is 2.22. The Morgan fingerprint density at radius 3 is 3.00 bits per heavy atom. The van der Waals surface area contributed by atoms with E-state index in [0.29, 0.717) is 30.0 Å². The Morgan fingerprint density at radius 2 is 2.33 bits per heavy atom. The second kappa shape index (κ2) is 5.54. The van der Waals surface area contributed by atoms with Crippen LogP contribution in [0.1, 0.15) is 12.8 Å². The van der Waals surface area contributed by atoms with Gasteiger partial charge < -0.3 is 5.73 Å². The van der Waals surface area contributed by atoms with Gasteiger partial charge in [-0.25, -0.2) is 0 Å². The van der Waals surface area contributed by atoms with Crippen molar-refractivity contribution in [3.05, 3.63) is 29.2 Å². The van der Waals surface area contributed by atoms with Crippen molar-refractivity contribution in [3.8, 4) is 11.5 Å². The molecule has 0 spiro atoms. The topological polar surface area (TPSA) is 89.6 Å². The summed E-state index contributed by atoms with van der Waals surface area (Å²) in [6, 6.07) is 5.57. The van der Waals surface area contributed by atoms with Crippen LogP contribution in [0.4, 0.5) is 0 Å². The number of aromatic amines is 1. The van der Waals surface area contributed by atoms with E-state index in [1.807, 2.05) is 22.8 Å². The van der Waals surface area contributed by atoms with E-state index in [-0.39, 0.29) is 5.91 Å². The number of carbonyl (C=O) groups excluding carboxylic acids is 1. The summed E-state index contributed by atoms with van der Waals surface area (Å²) in [4.78, 5) is 14.9. The first-order chi connectivity index (χ1) is 8.68. The van der Waals surface area contributed by atoms with Gasteiger partial charge in [-0.3, -0.25) is 19.4 Å². The van der Waals surface area contributed by atoms with E-state index in [2.05, 4.69) is 15.2 Å². The first-order valence-corrected chi connectivity index (χ1v) is 5.94. The highest BCUT2D eigenvalue weighted by Gasteiger charge is 2.09. The van der Waals surface area contributed by atoms with E-state index >= 15 is 0 Å². The fourth-order valence-electron chi connectivity index (χ4n) is 1.63. The first-order valence-electron chi connectivity index (χ1n) is 5.53. The Bertz CT molecular complexity index is 589. The Kier molecular flexibility index (Phi) is 3.83. The van der Waals surface area contributed by atoms with Crippen LogP contribution >= 0.6 is 12.2 Å². The van der Waals surface area contributed by atoms with Gasteiger partial charge in [0.15, 0.2) is 10.6 Å². The van der Waals surface area contributed by atoms with Crippen LogP contribution in [-0.4, -0.2) is 25.7 Å². The minimum Gasteiger partial charge on any atom is -0.370 e. The molecule has 2 aromatic rings. The van der Waals surface area contributed by atoms with Crippen LogP contribution in [0, 0.1) is 4.77 Å². The van der Waals surface area contributed by atoms with Gasteiger partial charge in [0.2, 0.25) is 5.91 Å². The second-order valence-corrected chi connectivity index (χ2v) is 4.18. The number of nitrogens with one attached hydrogen (secondary N) is 1. The van der Waals surface area contributed by atoms with E-state index in [4.69, 9.17) is 18.0 Å². The van der Waals surface area contributed by atoms with Crippen molar-refractivity contribution < 1.29 is 4.79 Å². The minimum absolute atomic E-state index is 0.315. The Morgan fingerprint density at radius 1 is 1.50 bits per heavy atom. The predicted octanol–water partition coefficient (Wildman–Crippen LogP) is 1.27. The van der Waals surface area contributed by atoms with Gasteiger partial charge in [-0.15, -0.1) is 0 Å². The number of aromatic nitrogens is 4. The van der Waals surface area contributed by atoms with E-state index in [1.165, 1.54) is 0 Å².